The molecule has 22 heavy (non-hydrogen) atoms. The first-order valence-electron chi connectivity index (χ1n) is 7.41. The van der Waals surface area contributed by atoms with E-state index in [1.165, 1.54) is 7.11 Å². The van der Waals surface area contributed by atoms with Gasteiger partial charge in [0.05, 0.1) is 7.11 Å². The first-order chi connectivity index (χ1) is 9.63. The molecular formula is C15H27ClN2O4. The smallest absolute Gasteiger partial charge is 0.410 e. The third kappa shape index (κ3) is 3.18. The molecular weight excluding hydrogens is 308 g/mol. The highest BCUT2D eigenvalue weighted by molar-refractivity contribution is 5.85. The molecule has 2 aliphatic rings. The minimum absolute atomic E-state index is 0. The predicted molar refractivity (Wildman–Crippen MR) is 85.1 cm³/mol. The van der Waals surface area contributed by atoms with E-state index in [1.807, 2.05) is 20.8 Å². The predicted octanol–water partition coefficient (Wildman–Crippen LogP) is 1.82. The molecule has 2 aliphatic heterocycles. The lowest BCUT2D eigenvalue weighted by Gasteiger charge is -2.48. The van der Waals surface area contributed by atoms with Crippen LogP contribution in [0.5, 0.6) is 0 Å². The van der Waals surface area contributed by atoms with Gasteiger partial charge in [-0.25, -0.2) is 4.79 Å². The maximum atomic E-state index is 12.4. The fourth-order valence-electron chi connectivity index (χ4n) is 3.36. The first-order valence-corrected chi connectivity index (χ1v) is 7.41. The van der Waals surface area contributed by atoms with Crippen LogP contribution < -0.4 is 5.32 Å². The summed E-state index contributed by atoms with van der Waals surface area (Å²) in [7, 11) is 1.41. The zero-order valence-electron chi connectivity index (χ0n) is 14.0. The lowest BCUT2D eigenvalue weighted by atomic mass is 9.62. The summed E-state index contributed by atoms with van der Waals surface area (Å²) in [5.74, 6) is -0.247. The van der Waals surface area contributed by atoms with Crippen LogP contribution in [0.3, 0.4) is 0 Å². The normalized spacial score (nSPS) is 31.0. The van der Waals surface area contributed by atoms with E-state index in [0.29, 0.717) is 19.6 Å². The number of nitrogens with zero attached hydrogens (tertiary/aromatic N) is 1. The number of ether oxygens (including phenoxy) is 2. The molecule has 2 rings (SSSR count). The summed E-state index contributed by atoms with van der Waals surface area (Å²) in [6.07, 6.45) is 0.397. The molecule has 1 N–H and O–H groups in total. The molecule has 2 atom stereocenters. The zero-order valence-corrected chi connectivity index (χ0v) is 14.8. The lowest BCUT2D eigenvalue weighted by Crippen LogP contribution is -2.59. The number of hydrogen-bond donors (Lipinski definition) is 1. The van der Waals surface area contributed by atoms with Crippen molar-refractivity contribution < 1.29 is 19.1 Å². The number of piperidine rings is 1. The van der Waals surface area contributed by atoms with Crippen LogP contribution in [0, 0.1) is 10.8 Å². The van der Waals surface area contributed by atoms with Crippen molar-refractivity contribution in [3.05, 3.63) is 0 Å². The van der Waals surface area contributed by atoms with Gasteiger partial charge < -0.3 is 19.7 Å². The molecule has 0 spiro atoms. The van der Waals surface area contributed by atoms with Gasteiger partial charge in [0.25, 0.3) is 0 Å². The highest BCUT2D eigenvalue weighted by Crippen LogP contribution is 2.49. The Balaban J connectivity index is 0.00000242. The van der Waals surface area contributed by atoms with E-state index in [1.54, 1.807) is 4.90 Å². The third-order valence-corrected chi connectivity index (χ3v) is 4.72. The van der Waals surface area contributed by atoms with Crippen LogP contribution in [0.25, 0.3) is 0 Å². The van der Waals surface area contributed by atoms with Crippen molar-refractivity contribution >= 4 is 24.5 Å². The Hall–Kier alpha value is -1.01. The summed E-state index contributed by atoms with van der Waals surface area (Å²) in [4.78, 5) is 26.3. The summed E-state index contributed by atoms with van der Waals surface area (Å²) in [5.41, 5.74) is -1.40. The molecule has 7 heteroatoms. The van der Waals surface area contributed by atoms with Gasteiger partial charge in [0.2, 0.25) is 0 Å². The van der Waals surface area contributed by atoms with Gasteiger partial charge in [0.15, 0.2) is 0 Å². The second-order valence-corrected chi connectivity index (χ2v) is 7.39. The van der Waals surface area contributed by atoms with Crippen LogP contribution in [0.4, 0.5) is 4.79 Å². The number of fused-ring (bicyclic) bond motifs is 1. The first kappa shape index (κ1) is 19.0. The molecule has 0 aromatic heterocycles. The Morgan fingerprint density at radius 3 is 2.41 bits per heavy atom. The Morgan fingerprint density at radius 1 is 1.23 bits per heavy atom. The largest absolute Gasteiger partial charge is 0.468 e. The van der Waals surface area contributed by atoms with Crippen LogP contribution in [0.2, 0.25) is 0 Å². The molecule has 0 radical (unpaired) electrons. The minimum Gasteiger partial charge on any atom is -0.468 e. The molecule has 2 fully saturated rings. The Bertz CT molecular complexity index is 451. The second kappa shape index (κ2) is 6.24. The number of halogens is 1. The highest BCUT2D eigenvalue weighted by Gasteiger charge is 2.61. The maximum absolute atomic E-state index is 12.4. The van der Waals surface area contributed by atoms with Gasteiger partial charge in [0.1, 0.15) is 11.0 Å². The van der Waals surface area contributed by atoms with Gasteiger partial charge in [-0.2, -0.15) is 0 Å². The fraction of sp³-hybridized carbons (Fsp3) is 0.867. The summed E-state index contributed by atoms with van der Waals surface area (Å²) < 4.78 is 10.5. The Labute approximate surface area is 138 Å². The molecule has 128 valence electrons. The maximum Gasteiger partial charge on any atom is 0.410 e. The number of amides is 1. The monoisotopic (exact) mass is 334 g/mol. The molecule has 2 heterocycles. The average molecular weight is 335 g/mol. The van der Waals surface area contributed by atoms with E-state index in [2.05, 4.69) is 12.2 Å². The van der Waals surface area contributed by atoms with Gasteiger partial charge in [0, 0.05) is 31.6 Å². The van der Waals surface area contributed by atoms with E-state index in [0.717, 1.165) is 13.0 Å². The van der Waals surface area contributed by atoms with Crippen molar-refractivity contribution in [3.8, 4) is 0 Å². The van der Waals surface area contributed by atoms with Crippen LogP contribution in [-0.2, 0) is 14.3 Å². The molecule has 6 nitrogen and oxygen atoms in total. The minimum atomic E-state index is -0.684. The molecule has 1 amide bonds. The summed E-state index contributed by atoms with van der Waals surface area (Å²) in [5, 5.41) is 3.29. The topological polar surface area (TPSA) is 67.9 Å². The average Bonchev–Trinajstić information content (AvgIpc) is 2.73. The van der Waals surface area contributed by atoms with E-state index in [9.17, 15) is 9.59 Å². The van der Waals surface area contributed by atoms with Gasteiger partial charge in [-0.05, 0) is 27.2 Å². The molecule has 0 unspecified atom stereocenters. The Morgan fingerprint density at radius 2 is 1.86 bits per heavy atom. The molecule has 0 saturated carbocycles. The highest BCUT2D eigenvalue weighted by atomic mass is 35.5. The van der Waals surface area contributed by atoms with Crippen molar-refractivity contribution in [3.63, 3.8) is 0 Å². The third-order valence-electron chi connectivity index (χ3n) is 4.72. The number of methoxy groups -OCH3 is 1. The summed E-state index contributed by atoms with van der Waals surface area (Å²) in [6, 6.07) is 0. The standard InChI is InChI=1S/C15H26N2O4.ClH/c1-13(2,3)21-12(19)17-7-6-14(4)8-16-9-15(14,10-17)11(18)20-5;/h16H,6-10H2,1-5H3;1H/t14-,15-;/m0./s1. The van der Waals surface area contributed by atoms with Gasteiger partial charge in [-0.3, -0.25) is 4.79 Å². The lowest BCUT2D eigenvalue weighted by molar-refractivity contribution is -0.163. The molecule has 0 bridgehead atoms. The van der Waals surface area contributed by atoms with E-state index in [-0.39, 0.29) is 29.9 Å². The number of likely N-dealkylation sites (tertiary alicyclic amines) is 1. The SMILES string of the molecule is COC(=O)[C@@]12CNC[C@]1(C)CCN(C(=O)OC(C)(C)C)C2.Cl. The van der Waals surface area contributed by atoms with E-state index < -0.39 is 11.0 Å². The molecule has 0 aliphatic carbocycles. The number of rotatable bonds is 1. The molecule has 0 aromatic rings. The van der Waals surface area contributed by atoms with Gasteiger partial charge in [-0.15, -0.1) is 12.4 Å². The molecule has 2 saturated heterocycles. The quantitative estimate of drug-likeness (QED) is 0.741. The van der Waals surface area contributed by atoms with Crippen molar-refractivity contribution in [1.82, 2.24) is 10.2 Å². The number of nitrogens with one attached hydrogen (secondary N) is 1. The summed E-state index contributed by atoms with van der Waals surface area (Å²) >= 11 is 0. The van der Waals surface area contributed by atoms with Crippen molar-refractivity contribution in [2.75, 3.05) is 33.3 Å². The van der Waals surface area contributed by atoms with E-state index >= 15 is 0 Å². The fourth-order valence-corrected chi connectivity index (χ4v) is 3.36. The zero-order chi connectivity index (χ0) is 15.9. The summed E-state index contributed by atoms with van der Waals surface area (Å²) in [6.45, 7) is 9.87. The second-order valence-electron chi connectivity index (χ2n) is 7.39. The van der Waals surface area contributed by atoms with Crippen molar-refractivity contribution in [2.45, 2.75) is 39.7 Å². The van der Waals surface area contributed by atoms with Gasteiger partial charge >= 0.3 is 12.1 Å². The number of esters is 1. The van der Waals surface area contributed by atoms with Crippen molar-refractivity contribution in [2.24, 2.45) is 10.8 Å². The van der Waals surface area contributed by atoms with Crippen LogP contribution in [0.15, 0.2) is 0 Å². The van der Waals surface area contributed by atoms with Crippen molar-refractivity contribution in [1.29, 1.82) is 0 Å². The number of hydrogen-bond acceptors (Lipinski definition) is 5. The van der Waals surface area contributed by atoms with Gasteiger partial charge in [-0.1, -0.05) is 6.92 Å². The number of carbonyl (C=O) groups is 2. The van der Waals surface area contributed by atoms with Crippen LogP contribution in [-0.4, -0.2) is 55.9 Å². The van der Waals surface area contributed by atoms with Crippen LogP contribution >= 0.6 is 12.4 Å². The van der Waals surface area contributed by atoms with E-state index in [4.69, 9.17) is 9.47 Å². The Kier molecular flexibility index (Phi) is 5.40. The molecule has 0 aromatic carbocycles. The number of carbonyl (C=O) groups excluding carboxylic acids is 2. The van der Waals surface area contributed by atoms with Crippen LogP contribution in [0.1, 0.15) is 34.1 Å².